The number of aromatic nitrogens is 2. The standard InChI is InChI=1S/C50H31BN2/c1-3-15-32(16-4-1)38-23-13-25-40-41-26-14-24-39(33-17-5-2-6-18-33)49(41)53(48(38)40)51-42-27-11-12-28-44(42)52-45-30-29-34-19-7-9-21-36(34)46(45)47-37-22-10-8-20-35(37)31-43(51)50(47)52/h1-31H. The molecule has 0 aliphatic carbocycles. The molecule has 9 aromatic carbocycles. The van der Waals surface area contributed by atoms with Crippen LogP contribution >= 0.6 is 0 Å². The molecule has 11 aromatic rings. The molecule has 2 nitrogen and oxygen atoms in total. The second-order valence-electron chi connectivity index (χ2n) is 14.4. The molecule has 53 heavy (non-hydrogen) atoms. The van der Waals surface area contributed by atoms with Crippen molar-refractivity contribution in [3.05, 3.63) is 188 Å². The van der Waals surface area contributed by atoms with Crippen LogP contribution in [0.1, 0.15) is 0 Å². The molecule has 0 saturated carbocycles. The number of nitrogens with zero attached hydrogens (tertiary/aromatic N) is 2. The van der Waals surface area contributed by atoms with Gasteiger partial charge in [0.15, 0.2) is 0 Å². The van der Waals surface area contributed by atoms with Crippen LogP contribution in [0.4, 0.5) is 0 Å². The number of fused-ring (bicyclic) bond motifs is 12. The van der Waals surface area contributed by atoms with Crippen LogP contribution in [-0.2, 0) is 0 Å². The van der Waals surface area contributed by atoms with Gasteiger partial charge in [-0.2, -0.15) is 0 Å². The number of rotatable bonds is 3. The second-order valence-corrected chi connectivity index (χ2v) is 14.4. The first-order valence-electron chi connectivity index (χ1n) is 18.5. The summed E-state index contributed by atoms with van der Waals surface area (Å²) in [7, 11) is 0. The predicted molar refractivity (Wildman–Crippen MR) is 227 cm³/mol. The van der Waals surface area contributed by atoms with Crippen molar-refractivity contribution in [2.24, 2.45) is 0 Å². The van der Waals surface area contributed by atoms with Gasteiger partial charge in [0.2, 0.25) is 0 Å². The fourth-order valence-corrected chi connectivity index (χ4v) is 9.62. The summed E-state index contributed by atoms with van der Waals surface area (Å²) in [5.41, 5.74) is 13.8. The van der Waals surface area contributed by atoms with Crippen LogP contribution in [0.15, 0.2) is 188 Å². The molecule has 3 heteroatoms. The van der Waals surface area contributed by atoms with Gasteiger partial charge < -0.3 is 9.05 Å². The van der Waals surface area contributed by atoms with Gasteiger partial charge in [-0.1, -0.05) is 176 Å². The maximum Gasteiger partial charge on any atom is 0.332 e. The summed E-state index contributed by atoms with van der Waals surface area (Å²) in [6.07, 6.45) is 0. The third kappa shape index (κ3) is 3.89. The summed E-state index contributed by atoms with van der Waals surface area (Å²) in [6, 6.07) is 69.7. The van der Waals surface area contributed by atoms with E-state index in [4.69, 9.17) is 0 Å². The maximum absolute atomic E-state index is 2.71. The molecular formula is C50H31BN2. The van der Waals surface area contributed by atoms with Crippen LogP contribution in [0.3, 0.4) is 0 Å². The van der Waals surface area contributed by atoms with Gasteiger partial charge >= 0.3 is 6.85 Å². The predicted octanol–water partition coefficient (Wildman–Crippen LogP) is 11.5. The molecule has 0 N–H and O–H groups in total. The summed E-state index contributed by atoms with van der Waals surface area (Å²) < 4.78 is 5.27. The first kappa shape index (κ1) is 28.8. The van der Waals surface area contributed by atoms with Crippen molar-refractivity contribution < 1.29 is 0 Å². The van der Waals surface area contributed by atoms with Crippen LogP contribution < -0.4 is 10.9 Å². The van der Waals surface area contributed by atoms with E-state index in [1.807, 2.05) is 0 Å². The molecule has 0 spiro atoms. The van der Waals surface area contributed by atoms with Crippen LogP contribution in [0.2, 0.25) is 0 Å². The Hall–Kier alpha value is -6.84. The molecule has 12 rings (SSSR count). The highest BCUT2D eigenvalue weighted by molar-refractivity contribution is 6.88. The monoisotopic (exact) mass is 670 g/mol. The van der Waals surface area contributed by atoms with Crippen molar-refractivity contribution in [3.63, 3.8) is 0 Å². The molecule has 0 atom stereocenters. The molecule has 0 bridgehead atoms. The highest BCUT2D eigenvalue weighted by Crippen LogP contribution is 2.44. The molecule has 0 saturated heterocycles. The highest BCUT2D eigenvalue weighted by atomic mass is 15.0. The highest BCUT2D eigenvalue weighted by Gasteiger charge is 2.38. The molecular weight excluding hydrogens is 639 g/mol. The van der Waals surface area contributed by atoms with Gasteiger partial charge in [0.25, 0.3) is 0 Å². The van der Waals surface area contributed by atoms with Crippen molar-refractivity contribution in [2.45, 2.75) is 0 Å². The summed E-state index contributed by atoms with van der Waals surface area (Å²) in [5, 5.41) is 10.3. The Morgan fingerprint density at radius 1 is 0.358 bits per heavy atom. The van der Waals surface area contributed by atoms with Crippen molar-refractivity contribution in [1.29, 1.82) is 0 Å². The summed E-state index contributed by atoms with van der Waals surface area (Å²) in [4.78, 5) is 0. The van der Waals surface area contributed by atoms with E-state index in [2.05, 4.69) is 197 Å². The van der Waals surface area contributed by atoms with Gasteiger partial charge in [-0.25, -0.2) is 0 Å². The number of hydrogen-bond acceptors (Lipinski definition) is 0. The third-order valence-electron chi connectivity index (χ3n) is 11.7. The van der Waals surface area contributed by atoms with Crippen LogP contribution in [0, 0.1) is 0 Å². The van der Waals surface area contributed by atoms with E-state index in [-0.39, 0.29) is 6.85 Å². The average molecular weight is 671 g/mol. The lowest BCUT2D eigenvalue weighted by Crippen LogP contribution is -2.53. The van der Waals surface area contributed by atoms with Crippen LogP contribution in [0.5, 0.6) is 0 Å². The number of benzene rings is 9. The molecule has 0 amide bonds. The molecule has 2 aromatic heterocycles. The Morgan fingerprint density at radius 3 is 1.58 bits per heavy atom. The second kappa shape index (κ2) is 10.8. The first-order valence-corrected chi connectivity index (χ1v) is 18.5. The molecule has 0 unspecified atom stereocenters. The van der Waals surface area contributed by atoms with E-state index >= 15 is 0 Å². The summed E-state index contributed by atoms with van der Waals surface area (Å²) >= 11 is 0. The normalized spacial score (nSPS) is 12.5. The third-order valence-corrected chi connectivity index (χ3v) is 11.7. The summed E-state index contributed by atoms with van der Waals surface area (Å²) in [5.74, 6) is 0. The Bertz CT molecular complexity index is 3180. The fourth-order valence-electron chi connectivity index (χ4n) is 9.62. The van der Waals surface area contributed by atoms with Gasteiger partial charge in [-0.3, -0.25) is 0 Å². The van der Waals surface area contributed by atoms with E-state index in [0.29, 0.717) is 0 Å². The molecule has 0 fully saturated rings. The Labute approximate surface area is 306 Å². The minimum absolute atomic E-state index is 0.101. The van der Waals surface area contributed by atoms with E-state index < -0.39 is 0 Å². The fraction of sp³-hybridized carbons (Fsp3) is 0. The SMILES string of the molecule is c1ccc(-c2cccc3c4cccc(-c5ccccc5)c4n(B4c5ccccc5-n5c6ccc7ccccc7c6c6c7ccccc7cc4c65)c23)cc1. The number of hydrogen-bond donors (Lipinski definition) is 0. The van der Waals surface area contributed by atoms with Gasteiger partial charge in [-0.15, -0.1) is 0 Å². The largest absolute Gasteiger partial charge is 0.375 e. The van der Waals surface area contributed by atoms with Gasteiger partial charge in [0.1, 0.15) is 0 Å². The molecule has 3 heterocycles. The lowest BCUT2D eigenvalue weighted by molar-refractivity contribution is 1.18. The van der Waals surface area contributed by atoms with Crippen LogP contribution in [-0.4, -0.2) is 15.9 Å². The molecule has 1 aliphatic rings. The van der Waals surface area contributed by atoms with Gasteiger partial charge in [-0.05, 0) is 55.7 Å². The lowest BCUT2D eigenvalue weighted by atomic mass is 9.48. The first-order chi connectivity index (χ1) is 26.3. The minimum atomic E-state index is -0.101. The van der Waals surface area contributed by atoms with Crippen molar-refractivity contribution in [2.75, 3.05) is 0 Å². The zero-order chi connectivity index (χ0) is 34.6. The van der Waals surface area contributed by atoms with E-state index in [0.717, 1.165) is 0 Å². The van der Waals surface area contributed by atoms with E-state index in [1.54, 1.807) is 0 Å². The average Bonchev–Trinajstić information content (AvgIpc) is 3.76. The zero-order valence-electron chi connectivity index (χ0n) is 28.9. The van der Waals surface area contributed by atoms with Gasteiger partial charge in [0, 0.05) is 49.4 Å². The van der Waals surface area contributed by atoms with E-state index in [1.165, 1.54) is 104 Å². The Kier molecular flexibility index (Phi) is 5.89. The van der Waals surface area contributed by atoms with Crippen molar-refractivity contribution in [3.8, 4) is 27.9 Å². The summed E-state index contributed by atoms with van der Waals surface area (Å²) in [6.45, 7) is -0.101. The topological polar surface area (TPSA) is 9.86 Å². The molecule has 244 valence electrons. The quantitative estimate of drug-likeness (QED) is 0.166. The molecule has 0 radical (unpaired) electrons. The Morgan fingerprint density at radius 2 is 0.906 bits per heavy atom. The van der Waals surface area contributed by atoms with E-state index in [9.17, 15) is 0 Å². The van der Waals surface area contributed by atoms with Crippen molar-refractivity contribution >= 4 is 82.9 Å². The molecule has 1 aliphatic heterocycles. The van der Waals surface area contributed by atoms with Crippen LogP contribution in [0.25, 0.3) is 93.1 Å². The van der Waals surface area contributed by atoms with Gasteiger partial charge in [0.05, 0.1) is 11.0 Å². The zero-order valence-corrected chi connectivity index (χ0v) is 28.9. The maximum atomic E-state index is 2.71. The smallest absolute Gasteiger partial charge is 0.332 e. The minimum Gasteiger partial charge on any atom is -0.375 e. The Balaban J connectivity index is 1.34. The number of para-hydroxylation sites is 3. The lowest BCUT2D eigenvalue weighted by Gasteiger charge is -2.29. The van der Waals surface area contributed by atoms with Crippen molar-refractivity contribution in [1.82, 2.24) is 9.05 Å².